The number of nitrogens with zero attached hydrogens (tertiary/aromatic N) is 2. The molecule has 4 nitrogen and oxygen atoms in total. The first-order valence-corrected chi connectivity index (χ1v) is 8.66. The molecule has 0 spiro atoms. The lowest BCUT2D eigenvalue weighted by Gasteiger charge is -2.31. The zero-order chi connectivity index (χ0) is 14.5. The molecule has 1 N–H and O–H groups in total. The topological polar surface area (TPSA) is 47.0 Å². The monoisotopic (exact) mass is 295 g/mol. The van der Waals surface area contributed by atoms with Gasteiger partial charge in [-0.05, 0) is 44.3 Å². The van der Waals surface area contributed by atoms with Crippen molar-refractivity contribution in [1.82, 2.24) is 9.97 Å². The Kier molecular flexibility index (Phi) is 5.52. The van der Waals surface area contributed by atoms with Crippen LogP contribution >= 0.6 is 11.8 Å². The highest BCUT2D eigenvalue weighted by Gasteiger charge is 2.25. The predicted molar refractivity (Wildman–Crippen MR) is 84.6 cm³/mol. The highest BCUT2D eigenvalue weighted by Crippen LogP contribution is 2.31. The summed E-state index contributed by atoms with van der Waals surface area (Å²) in [6.45, 7) is 7.53. The SMILES string of the molecule is CCNc1cc(OC2CC(C)CC(C)C2)nc(SC)n1. The Morgan fingerprint density at radius 3 is 2.55 bits per heavy atom. The van der Waals surface area contributed by atoms with Crippen LogP contribution in [0.1, 0.15) is 40.0 Å². The molecule has 1 saturated carbocycles. The van der Waals surface area contributed by atoms with Gasteiger partial charge in [0, 0.05) is 12.6 Å². The van der Waals surface area contributed by atoms with E-state index in [1.165, 1.54) is 6.42 Å². The Labute approximate surface area is 126 Å². The van der Waals surface area contributed by atoms with Gasteiger partial charge in [0.1, 0.15) is 11.9 Å². The smallest absolute Gasteiger partial charge is 0.219 e. The van der Waals surface area contributed by atoms with E-state index in [-0.39, 0.29) is 6.10 Å². The normalized spacial score (nSPS) is 26.3. The minimum Gasteiger partial charge on any atom is -0.474 e. The van der Waals surface area contributed by atoms with E-state index in [0.717, 1.165) is 42.2 Å². The quantitative estimate of drug-likeness (QED) is 0.660. The Morgan fingerprint density at radius 2 is 1.95 bits per heavy atom. The van der Waals surface area contributed by atoms with Gasteiger partial charge in [0.15, 0.2) is 5.16 Å². The van der Waals surface area contributed by atoms with Crippen LogP contribution in [0.2, 0.25) is 0 Å². The maximum absolute atomic E-state index is 6.12. The summed E-state index contributed by atoms with van der Waals surface area (Å²) >= 11 is 1.54. The number of hydrogen-bond acceptors (Lipinski definition) is 5. The molecular formula is C15H25N3OS. The van der Waals surface area contributed by atoms with Crippen LogP contribution in [0.5, 0.6) is 5.88 Å². The summed E-state index contributed by atoms with van der Waals surface area (Å²) in [6, 6.07) is 1.91. The molecule has 2 unspecified atom stereocenters. The number of nitrogens with one attached hydrogen (secondary N) is 1. The van der Waals surface area contributed by atoms with Gasteiger partial charge in [0.05, 0.1) is 0 Å². The van der Waals surface area contributed by atoms with Gasteiger partial charge in [0.2, 0.25) is 5.88 Å². The highest BCUT2D eigenvalue weighted by molar-refractivity contribution is 7.98. The van der Waals surface area contributed by atoms with E-state index in [1.807, 2.05) is 12.3 Å². The Balaban J connectivity index is 2.09. The summed E-state index contributed by atoms with van der Waals surface area (Å²) in [5.74, 6) is 3.02. The van der Waals surface area contributed by atoms with E-state index < -0.39 is 0 Å². The van der Waals surface area contributed by atoms with Gasteiger partial charge in [0.25, 0.3) is 0 Å². The lowest BCUT2D eigenvalue weighted by molar-refractivity contribution is 0.0959. The largest absolute Gasteiger partial charge is 0.474 e. The fraction of sp³-hybridized carbons (Fsp3) is 0.733. The molecule has 1 aliphatic rings. The molecule has 2 atom stereocenters. The van der Waals surface area contributed by atoms with Gasteiger partial charge in [-0.25, -0.2) is 4.98 Å². The second-order valence-corrected chi connectivity index (χ2v) is 6.54. The number of thioether (sulfide) groups is 1. The third-order valence-corrected chi connectivity index (χ3v) is 4.19. The predicted octanol–water partition coefficient (Wildman–Crippen LogP) is 3.83. The van der Waals surface area contributed by atoms with E-state index in [4.69, 9.17) is 4.74 Å². The number of ether oxygens (including phenoxy) is 1. The molecule has 112 valence electrons. The van der Waals surface area contributed by atoms with Gasteiger partial charge >= 0.3 is 0 Å². The molecule has 5 heteroatoms. The lowest BCUT2D eigenvalue weighted by Crippen LogP contribution is -2.28. The third kappa shape index (κ3) is 4.27. The van der Waals surface area contributed by atoms with Crippen molar-refractivity contribution in [2.24, 2.45) is 11.8 Å². The highest BCUT2D eigenvalue weighted by atomic mass is 32.2. The van der Waals surface area contributed by atoms with Crippen molar-refractivity contribution in [3.05, 3.63) is 6.07 Å². The third-order valence-electron chi connectivity index (χ3n) is 3.65. The lowest BCUT2D eigenvalue weighted by atomic mass is 9.82. The molecule has 0 bridgehead atoms. The number of rotatable bonds is 5. The minimum absolute atomic E-state index is 0.285. The molecular weight excluding hydrogens is 270 g/mol. The van der Waals surface area contributed by atoms with Gasteiger partial charge < -0.3 is 10.1 Å². The van der Waals surface area contributed by atoms with Crippen molar-refractivity contribution in [3.63, 3.8) is 0 Å². The molecule has 1 aromatic heterocycles. The van der Waals surface area contributed by atoms with E-state index in [9.17, 15) is 0 Å². The van der Waals surface area contributed by atoms with Crippen molar-refractivity contribution in [1.29, 1.82) is 0 Å². The van der Waals surface area contributed by atoms with Crippen LogP contribution in [0.4, 0.5) is 5.82 Å². The van der Waals surface area contributed by atoms with Crippen LogP contribution < -0.4 is 10.1 Å². The van der Waals surface area contributed by atoms with Gasteiger partial charge in [-0.15, -0.1) is 0 Å². The van der Waals surface area contributed by atoms with Crippen LogP contribution in [0.15, 0.2) is 11.2 Å². The van der Waals surface area contributed by atoms with Gasteiger partial charge in [-0.1, -0.05) is 25.6 Å². The summed E-state index contributed by atoms with van der Waals surface area (Å²) < 4.78 is 6.12. The minimum atomic E-state index is 0.285. The van der Waals surface area contributed by atoms with Crippen LogP contribution in [0.3, 0.4) is 0 Å². The second-order valence-electron chi connectivity index (χ2n) is 5.77. The maximum atomic E-state index is 6.12. The van der Waals surface area contributed by atoms with E-state index in [1.54, 1.807) is 11.8 Å². The Hall–Kier alpha value is -0.970. The van der Waals surface area contributed by atoms with E-state index in [2.05, 4.69) is 36.1 Å². The zero-order valence-electron chi connectivity index (χ0n) is 12.8. The van der Waals surface area contributed by atoms with Gasteiger partial charge in [-0.3, -0.25) is 0 Å². The molecule has 0 radical (unpaired) electrons. The molecule has 1 aliphatic carbocycles. The molecule has 0 aromatic carbocycles. The van der Waals surface area contributed by atoms with Gasteiger partial charge in [-0.2, -0.15) is 4.98 Å². The van der Waals surface area contributed by atoms with E-state index >= 15 is 0 Å². The standard InChI is InChI=1S/C15H25N3OS/c1-5-16-13-9-14(18-15(17-13)20-4)19-12-7-10(2)6-11(3)8-12/h9-12H,5-8H2,1-4H3,(H,16,17,18). The summed E-state index contributed by atoms with van der Waals surface area (Å²) in [5, 5.41) is 3.99. The first-order chi connectivity index (χ1) is 9.60. The Bertz CT molecular complexity index is 431. The van der Waals surface area contributed by atoms with Crippen molar-refractivity contribution in [2.75, 3.05) is 18.1 Å². The molecule has 1 heterocycles. The van der Waals surface area contributed by atoms with Crippen LogP contribution in [-0.4, -0.2) is 28.9 Å². The fourth-order valence-electron chi connectivity index (χ4n) is 2.97. The molecule has 20 heavy (non-hydrogen) atoms. The van der Waals surface area contributed by atoms with Crippen LogP contribution in [-0.2, 0) is 0 Å². The second kappa shape index (κ2) is 7.16. The van der Waals surface area contributed by atoms with Crippen molar-refractivity contribution in [2.45, 2.75) is 51.3 Å². The summed E-state index contributed by atoms with van der Waals surface area (Å²) in [7, 11) is 0. The molecule has 0 amide bonds. The Morgan fingerprint density at radius 1 is 1.25 bits per heavy atom. The summed E-state index contributed by atoms with van der Waals surface area (Å²) in [4.78, 5) is 8.89. The molecule has 0 saturated heterocycles. The van der Waals surface area contributed by atoms with Crippen molar-refractivity contribution >= 4 is 17.6 Å². The molecule has 0 aliphatic heterocycles. The number of aromatic nitrogens is 2. The van der Waals surface area contributed by atoms with Crippen LogP contribution in [0.25, 0.3) is 0 Å². The fourth-order valence-corrected chi connectivity index (χ4v) is 3.34. The average molecular weight is 295 g/mol. The van der Waals surface area contributed by atoms with Crippen molar-refractivity contribution in [3.8, 4) is 5.88 Å². The maximum Gasteiger partial charge on any atom is 0.219 e. The summed E-state index contributed by atoms with van der Waals surface area (Å²) in [6.07, 6.45) is 5.83. The average Bonchev–Trinajstić information content (AvgIpc) is 2.37. The van der Waals surface area contributed by atoms with Crippen molar-refractivity contribution < 1.29 is 4.74 Å². The number of hydrogen-bond donors (Lipinski definition) is 1. The first kappa shape index (κ1) is 15.4. The summed E-state index contributed by atoms with van der Waals surface area (Å²) in [5.41, 5.74) is 0. The van der Waals surface area contributed by atoms with E-state index in [0.29, 0.717) is 5.88 Å². The zero-order valence-corrected chi connectivity index (χ0v) is 13.7. The van der Waals surface area contributed by atoms with Crippen LogP contribution in [0, 0.1) is 11.8 Å². The molecule has 1 aromatic rings. The number of anilines is 1. The first-order valence-electron chi connectivity index (χ1n) is 7.44. The molecule has 2 rings (SSSR count). The molecule has 1 fully saturated rings.